The quantitative estimate of drug-likeness (QED) is 0.708. The third-order valence-electron chi connectivity index (χ3n) is 3.19. The summed E-state index contributed by atoms with van der Waals surface area (Å²) < 4.78 is 27.8. The number of hydrogen-bond donors (Lipinski definition) is 3. The molecule has 0 bridgehead atoms. The van der Waals surface area contributed by atoms with Gasteiger partial charge < -0.3 is 15.8 Å². The van der Waals surface area contributed by atoms with Crippen molar-refractivity contribution in [2.24, 2.45) is 11.1 Å². The van der Waals surface area contributed by atoms with Crippen LogP contribution in [0.25, 0.3) is 0 Å². The molecule has 2 rings (SSSR count). The molecule has 1 aromatic rings. The van der Waals surface area contributed by atoms with Gasteiger partial charge >= 0.3 is 0 Å². The van der Waals surface area contributed by atoms with E-state index in [9.17, 15) is 8.42 Å². The second-order valence-electron chi connectivity index (χ2n) is 4.76. The van der Waals surface area contributed by atoms with E-state index in [2.05, 4.69) is 5.32 Å². The molecule has 1 saturated heterocycles. The Kier molecular flexibility index (Phi) is 4.28. The van der Waals surface area contributed by atoms with Crippen molar-refractivity contribution in [1.29, 1.82) is 0 Å². The van der Waals surface area contributed by atoms with Gasteiger partial charge in [0.05, 0.1) is 22.9 Å². The van der Waals surface area contributed by atoms with Crippen LogP contribution in [0.5, 0.6) is 0 Å². The van der Waals surface area contributed by atoms with Crippen LogP contribution in [0.1, 0.15) is 12.8 Å². The van der Waals surface area contributed by atoms with Crippen molar-refractivity contribution in [2.75, 3.05) is 30.8 Å². The minimum atomic E-state index is -3.71. The van der Waals surface area contributed by atoms with Crippen LogP contribution in [-0.4, -0.2) is 28.2 Å². The third kappa shape index (κ3) is 3.82. The lowest BCUT2D eigenvalue weighted by atomic mass is 10.0. The normalized spacial score (nSPS) is 20.2. The van der Waals surface area contributed by atoms with Gasteiger partial charge in [0.1, 0.15) is 0 Å². The Morgan fingerprint density at radius 2 is 2.21 bits per heavy atom. The second kappa shape index (κ2) is 5.77. The van der Waals surface area contributed by atoms with E-state index in [-0.39, 0.29) is 4.90 Å². The number of nitrogen functional groups attached to an aromatic ring is 1. The Labute approximate surface area is 113 Å². The minimum absolute atomic E-state index is 0.0246. The van der Waals surface area contributed by atoms with Crippen molar-refractivity contribution in [2.45, 2.75) is 17.7 Å². The zero-order valence-corrected chi connectivity index (χ0v) is 11.4. The Morgan fingerprint density at radius 1 is 1.42 bits per heavy atom. The largest absolute Gasteiger partial charge is 0.397 e. The summed E-state index contributed by atoms with van der Waals surface area (Å²) in [6, 6.07) is 4.46. The Morgan fingerprint density at radius 3 is 2.79 bits per heavy atom. The maximum atomic E-state index is 11.2. The lowest BCUT2D eigenvalue weighted by Crippen LogP contribution is -2.24. The van der Waals surface area contributed by atoms with Crippen LogP contribution in [0.3, 0.4) is 0 Å². The Balaban J connectivity index is 2.01. The first-order valence-electron chi connectivity index (χ1n) is 6.21. The van der Waals surface area contributed by atoms with E-state index in [1.165, 1.54) is 12.1 Å². The summed E-state index contributed by atoms with van der Waals surface area (Å²) in [7, 11) is -3.71. The molecular formula is C12H19N3O3S. The number of benzene rings is 1. The van der Waals surface area contributed by atoms with Crippen LogP contribution in [-0.2, 0) is 14.8 Å². The first-order valence-corrected chi connectivity index (χ1v) is 7.75. The molecule has 1 unspecified atom stereocenters. The molecule has 5 N–H and O–H groups in total. The molecule has 106 valence electrons. The Bertz CT molecular complexity index is 539. The average Bonchev–Trinajstić information content (AvgIpc) is 2.37. The maximum absolute atomic E-state index is 11.2. The molecule has 0 radical (unpaired) electrons. The number of hydrogen-bond acceptors (Lipinski definition) is 5. The van der Waals surface area contributed by atoms with E-state index in [4.69, 9.17) is 15.6 Å². The molecule has 1 aromatic carbocycles. The second-order valence-corrected chi connectivity index (χ2v) is 6.32. The number of nitrogens with one attached hydrogen (secondary N) is 1. The van der Waals surface area contributed by atoms with Gasteiger partial charge in [-0.3, -0.25) is 0 Å². The summed E-state index contributed by atoms with van der Waals surface area (Å²) in [5, 5.41) is 8.27. The van der Waals surface area contributed by atoms with Gasteiger partial charge in [-0.25, -0.2) is 13.6 Å². The number of anilines is 2. The highest BCUT2D eigenvalue weighted by atomic mass is 32.2. The molecule has 0 spiro atoms. The lowest BCUT2D eigenvalue weighted by molar-refractivity contribution is 0.0595. The zero-order valence-electron chi connectivity index (χ0n) is 10.6. The topological polar surface area (TPSA) is 107 Å². The fourth-order valence-electron chi connectivity index (χ4n) is 2.10. The first-order chi connectivity index (χ1) is 8.97. The molecule has 1 heterocycles. The Hall–Kier alpha value is -1.31. The van der Waals surface area contributed by atoms with Gasteiger partial charge in [-0.15, -0.1) is 0 Å². The molecule has 1 fully saturated rings. The maximum Gasteiger partial charge on any atom is 0.238 e. The van der Waals surface area contributed by atoms with Crippen molar-refractivity contribution in [1.82, 2.24) is 0 Å². The highest BCUT2D eigenvalue weighted by Crippen LogP contribution is 2.23. The van der Waals surface area contributed by atoms with E-state index in [1.807, 2.05) is 0 Å². The zero-order chi connectivity index (χ0) is 13.9. The summed E-state index contributed by atoms with van der Waals surface area (Å²) >= 11 is 0. The smallest absolute Gasteiger partial charge is 0.238 e. The molecule has 1 aliphatic heterocycles. The lowest BCUT2D eigenvalue weighted by Gasteiger charge is -2.23. The van der Waals surface area contributed by atoms with Crippen LogP contribution in [0.15, 0.2) is 23.1 Å². The molecule has 7 heteroatoms. The van der Waals surface area contributed by atoms with Crippen molar-refractivity contribution < 1.29 is 13.2 Å². The van der Waals surface area contributed by atoms with Gasteiger partial charge in [0.2, 0.25) is 10.0 Å². The number of nitrogens with two attached hydrogens (primary N) is 2. The third-order valence-corrected chi connectivity index (χ3v) is 4.10. The first kappa shape index (κ1) is 14.1. The molecule has 6 nitrogen and oxygen atoms in total. The average molecular weight is 285 g/mol. The molecule has 19 heavy (non-hydrogen) atoms. The minimum Gasteiger partial charge on any atom is -0.397 e. The van der Waals surface area contributed by atoms with Gasteiger partial charge in [0.15, 0.2) is 0 Å². The van der Waals surface area contributed by atoms with E-state index < -0.39 is 10.0 Å². The molecule has 0 aliphatic carbocycles. The SMILES string of the molecule is Nc1cc(S(N)(=O)=O)ccc1NCC1CCCOC1. The summed E-state index contributed by atoms with van der Waals surface area (Å²) in [6.45, 7) is 2.35. The summed E-state index contributed by atoms with van der Waals surface area (Å²) in [6.07, 6.45) is 2.20. The van der Waals surface area contributed by atoms with Crippen LogP contribution in [0, 0.1) is 5.92 Å². The fourth-order valence-corrected chi connectivity index (χ4v) is 2.65. The van der Waals surface area contributed by atoms with Crippen LogP contribution in [0.4, 0.5) is 11.4 Å². The monoisotopic (exact) mass is 285 g/mol. The van der Waals surface area contributed by atoms with E-state index in [0.717, 1.165) is 38.3 Å². The summed E-state index contributed by atoms with van der Waals surface area (Å²) in [5.41, 5.74) is 6.92. The standard InChI is InChI=1S/C12H19N3O3S/c13-11-6-10(19(14,16)17)3-4-12(11)15-7-9-2-1-5-18-8-9/h3-4,6,9,15H,1-2,5,7-8,13H2,(H2,14,16,17). The summed E-state index contributed by atoms with van der Waals surface area (Å²) in [5.74, 6) is 0.464. The van der Waals surface area contributed by atoms with Gasteiger partial charge in [-0.2, -0.15) is 0 Å². The predicted molar refractivity (Wildman–Crippen MR) is 74.3 cm³/mol. The molecule has 1 atom stereocenters. The van der Waals surface area contributed by atoms with E-state index in [1.54, 1.807) is 6.07 Å². The molecule has 0 amide bonds. The molecule has 0 aromatic heterocycles. The highest BCUT2D eigenvalue weighted by molar-refractivity contribution is 7.89. The van der Waals surface area contributed by atoms with Gasteiger partial charge in [-0.1, -0.05) is 0 Å². The molecular weight excluding hydrogens is 266 g/mol. The van der Waals surface area contributed by atoms with E-state index in [0.29, 0.717) is 11.6 Å². The number of sulfonamides is 1. The van der Waals surface area contributed by atoms with Gasteiger partial charge in [-0.05, 0) is 37.0 Å². The van der Waals surface area contributed by atoms with Crippen molar-refractivity contribution in [3.63, 3.8) is 0 Å². The van der Waals surface area contributed by atoms with Crippen LogP contribution < -0.4 is 16.2 Å². The van der Waals surface area contributed by atoms with Crippen molar-refractivity contribution >= 4 is 21.4 Å². The van der Waals surface area contributed by atoms with Gasteiger partial charge in [0, 0.05) is 13.2 Å². The number of rotatable bonds is 4. The van der Waals surface area contributed by atoms with Gasteiger partial charge in [0.25, 0.3) is 0 Å². The highest BCUT2D eigenvalue weighted by Gasteiger charge is 2.15. The van der Waals surface area contributed by atoms with Crippen molar-refractivity contribution in [3.05, 3.63) is 18.2 Å². The predicted octanol–water partition coefficient (Wildman–Crippen LogP) is 0.755. The number of ether oxygens (including phenoxy) is 1. The molecule has 1 aliphatic rings. The fraction of sp³-hybridized carbons (Fsp3) is 0.500. The van der Waals surface area contributed by atoms with Crippen LogP contribution in [0.2, 0.25) is 0 Å². The summed E-state index contributed by atoms with van der Waals surface area (Å²) in [4.78, 5) is 0.0246. The number of primary sulfonamides is 1. The molecule has 0 saturated carbocycles. The van der Waals surface area contributed by atoms with E-state index >= 15 is 0 Å². The van der Waals surface area contributed by atoms with Crippen LogP contribution >= 0.6 is 0 Å². The van der Waals surface area contributed by atoms with Crippen molar-refractivity contribution in [3.8, 4) is 0 Å².